The Kier molecular flexibility index (Phi) is 13.0. The predicted octanol–water partition coefficient (Wildman–Crippen LogP) is 7.96. The highest BCUT2D eigenvalue weighted by Gasteiger charge is 2.49. The highest BCUT2D eigenvalue weighted by molar-refractivity contribution is 9.10. The predicted molar refractivity (Wildman–Crippen MR) is 196 cm³/mol. The molecule has 2 unspecified atom stereocenters. The molecule has 1 aliphatic rings. The zero-order chi connectivity index (χ0) is 34.6. The first-order valence-electron chi connectivity index (χ1n) is 16.7. The van der Waals surface area contributed by atoms with Gasteiger partial charge in [-0.1, -0.05) is 137 Å². The normalized spacial score (nSPS) is 20.8. The maximum atomic E-state index is 14.0. The van der Waals surface area contributed by atoms with E-state index in [1.165, 1.54) is 0 Å². The molecule has 5 aromatic rings. The summed E-state index contributed by atoms with van der Waals surface area (Å²) in [5.41, 5.74) is 3.91. The van der Waals surface area contributed by atoms with Gasteiger partial charge in [-0.3, -0.25) is 0 Å². The molecule has 5 aromatic carbocycles. The maximum absolute atomic E-state index is 14.0. The van der Waals surface area contributed by atoms with Gasteiger partial charge in [-0.05, 0) is 46.5 Å². The molecule has 9 heteroatoms. The summed E-state index contributed by atoms with van der Waals surface area (Å²) >= 11 is 3.41. The zero-order valence-corrected chi connectivity index (χ0v) is 30.0. The number of hydrogen-bond donors (Lipinski definition) is 0. The lowest BCUT2D eigenvalue weighted by atomic mass is 9.94. The van der Waals surface area contributed by atoms with Crippen LogP contribution in [0.3, 0.4) is 0 Å². The van der Waals surface area contributed by atoms with E-state index in [0.29, 0.717) is 13.2 Å². The van der Waals surface area contributed by atoms with Gasteiger partial charge in [0.2, 0.25) is 0 Å². The van der Waals surface area contributed by atoms with E-state index in [1.54, 1.807) is 24.3 Å². The molecule has 1 heterocycles. The average molecular weight is 758 g/mol. The Bertz CT molecular complexity index is 1830. The van der Waals surface area contributed by atoms with Gasteiger partial charge >= 0.3 is 0 Å². The fourth-order valence-corrected chi connectivity index (χ4v) is 7.68. The lowest BCUT2D eigenvalue weighted by Crippen LogP contribution is -2.62. The molecule has 6 rings (SSSR count). The minimum Gasteiger partial charge on any atom is -0.374 e. The van der Waals surface area contributed by atoms with Gasteiger partial charge in [0.25, 0.3) is 0 Å². The van der Waals surface area contributed by atoms with Crippen molar-refractivity contribution in [2.24, 2.45) is 0 Å². The second-order valence-electron chi connectivity index (χ2n) is 12.2. The smallest absolute Gasteiger partial charge is 0.181 e. The van der Waals surface area contributed by atoms with Crippen molar-refractivity contribution < 1.29 is 32.1 Å². The van der Waals surface area contributed by atoms with Gasteiger partial charge in [0.05, 0.1) is 43.7 Å². The van der Waals surface area contributed by atoms with Crippen molar-refractivity contribution in [1.29, 1.82) is 0 Å². The summed E-state index contributed by atoms with van der Waals surface area (Å²) in [6.07, 6.45) is -3.70. The summed E-state index contributed by atoms with van der Waals surface area (Å²) < 4.78 is 61.8. The molecule has 1 saturated heterocycles. The Hall–Kier alpha value is -3.67. The molecule has 0 aliphatic carbocycles. The topological polar surface area (TPSA) is 80.3 Å². The highest BCUT2D eigenvalue weighted by Crippen LogP contribution is 2.33. The molecular formula is C41H41BrO7S. The lowest BCUT2D eigenvalue weighted by molar-refractivity contribution is -0.268. The molecular weight excluding hydrogens is 716 g/mol. The van der Waals surface area contributed by atoms with Gasteiger partial charge in [0.15, 0.2) is 9.84 Å². The van der Waals surface area contributed by atoms with Crippen molar-refractivity contribution >= 4 is 25.8 Å². The van der Waals surface area contributed by atoms with Gasteiger partial charge in [-0.15, -0.1) is 0 Å². The van der Waals surface area contributed by atoms with Crippen LogP contribution in [0.5, 0.6) is 0 Å². The molecule has 5 atom stereocenters. The van der Waals surface area contributed by atoms with Crippen molar-refractivity contribution in [3.8, 4) is 0 Å². The molecule has 0 radical (unpaired) electrons. The summed E-state index contributed by atoms with van der Waals surface area (Å²) in [6, 6.07) is 46.1. The molecule has 0 spiro atoms. The number of sulfone groups is 1. The van der Waals surface area contributed by atoms with E-state index in [9.17, 15) is 8.42 Å². The largest absolute Gasteiger partial charge is 0.374 e. The third kappa shape index (κ3) is 10.2. The average Bonchev–Trinajstić information content (AvgIpc) is 3.15. The Balaban J connectivity index is 1.35. The second-order valence-corrected chi connectivity index (χ2v) is 15.2. The SMILES string of the molecule is O=S(=O)(C[C@@H]1OC(COCc2ccccc2)[C@@H](OCc2ccccc2)[C@@H](OCc2ccccc2)C1OCc1ccccc1)c1ccc(Br)cc1. The first kappa shape index (κ1) is 36.1. The molecule has 0 bridgehead atoms. The highest BCUT2D eigenvalue weighted by atomic mass is 79.9. The Labute approximate surface area is 303 Å². The van der Waals surface area contributed by atoms with E-state index >= 15 is 0 Å². The van der Waals surface area contributed by atoms with Gasteiger partial charge in [-0.25, -0.2) is 8.42 Å². The lowest BCUT2D eigenvalue weighted by Gasteiger charge is -2.46. The number of hydrogen-bond acceptors (Lipinski definition) is 7. The number of ether oxygens (including phenoxy) is 5. The number of halogens is 1. The standard InChI is InChI=1S/C41H41BrO7S/c42-35-21-23-36(24-22-35)50(43,44)30-38-40(47-27-33-17-9-3-10-18-33)41(48-28-34-19-11-4-12-20-34)39(46-26-32-15-7-2-8-16-32)37(49-38)29-45-25-31-13-5-1-6-14-31/h1-24,37-41H,25-30H2/t37?,38-,39+,40?,41+/m0/s1. The van der Waals surface area contributed by atoms with Gasteiger partial charge in [0.1, 0.15) is 30.5 Å². The van der Waals surface area contributed by atoms with E-state index in [4.69, 9.17) is 23.7 Å². The van der Waals surface area contributed by atoms with E-state index in [0.717, 1.165) is 26.7 Å². The fraction of sp³-hybridized carbons (Fsp3) is 0.268. The van der Waals surface area contributed by atoms with Crippen LogP contribution >= 0.6 is 15.9 Å². The Morgan fingerprint density at radius 2 is 0.900 bits per heavy atom. The van der Waals surface area contributed by atoms with Crippen LogP contribution in [-0.2, 0) is 59.9 Å². The third-order valence-corrected chi connectivity index (χ3v) is 10.8. The quantitative estimate of drug-likeness (QED) is 0.101. The molecule has 0 aromatic heterocycles. The molecule has 0 amide bonds. The van der Waals surface area contributed by atoms with Crippen molar-refractivity contribution in [1.82, 2.24) is 0 Å². The third-order valence-electron chi connectivity index (χ3n) is 8.54. The minimum atomic E-state index is -3.81. The first-order chi connectivity index (χ1) is 24.4. The monoisotopic (exact) mass is 756 g/mol. The van der Waals surface area contributed by atoms with E-state index in [1.807, 2.05) is 121 Å². The second kappa shape index (κ2) is 18.0. The van der Waals surface area contributed by atoms with E-state index in [2.05, 4.69) is 15.9 Å². The molecule has 1 fully saturated rings. The summed E-state index contributed by atoms with van der Waals surface area (Å²) in [7, 11) is -3.81. The van der Waals surface area contributed by atoms with Crippen LogP contribution in [0.15, 0.2) is 155 Å². The summed E-state index contributed by atoms with van der Waals surface area (Å²) in [6.45, 7) is 1.31. The molecule has 260 valence electrons. The van der Waals surface area contributed by atoms with Crippen molar-refractivity contribution in [3.63, 3.8) is 0 Å². The fourth-order valence-electron chi connectivity index (χ4n) is 5.97. The maximum Gasteiger partial charge on any atom is 0.181 e. The Morgan fingerprint density at radius 1 is 0.500 bits per heavy atom. The molecule has 7 nitrogen and oxygen atoms in total. The van der Waals surface area contributed by atoms with Crippen LogP contribution < -0.4 is 0 Å². The molecule has 0 saturated carbocycles. The van der Waals surface area contributed by atoms with Crippen molar-refractivity contribution in [2.45, 2.75) is 61.8 Å². The van der Waals surface area contributed by atoms with Crippen LogP contribution in [0.2, 0.25) is 0 Å². The molecule has 50 heavy (non-hydrogen) atoms. The first-order valence-corrected chi connectivity index (χ1v) is 19.1. The molecule has 1 aliphatic heterocycles. The van der Waals surface area contributed by atoms with E-state index < -0.39 is 40.4 Å². The summed E-state index contributed by atoms with van der Waals surface area (Å²) in [5, 5.41) is 0. The van der Waals surface area contributed by atoms with Crippen molar-refractivity contribution in [2.75, 3.05) is 12.4 Å². The number of benzene rings is 5. The van der Waals surface area contributed by atoms with Gasteiger partial charge in [-0.2, -0.15) is 0 Å². The van der Waals surface area contributed by atoms with Gasteiger partial charge < -0.3 is 23.7 Å². The van der Waals surface area contributed by atoms with Crippen LogP contribution in [0.25, 0.3) is 0 Å². The van der Waals surface area contributed by atoms with Crippen LogP contribution in [0, 0.1) is 0 Å². The van der Waals surface area contributed by atoms with Crippen molar-refractivity contribution in [3.05, 3.63) is 172 Å². The summed E-state index contributed by atoms with van der Waals surface area (Å²) in [5.74, 6) is -0.320. The number of rotatable bonds is 16. The minimum absolute atomic E-state index is 0.153. The Morgan fingerprint density at radius 3 is 1.36 bits per heavy atom. The zero-order valence-electron chi connectivity index (χ0n) is 27.6. The van der Waals surface area contributed by atoms with Crippen LogP contribution in [-0.4, -0.2) is 51.3 Å². The van der Waals surface area contributed by atoms with Gasteiger partial charge in [0, 0.05) is 4.47 Å². The summed E-state index contributed by atoms with van der Waals surface area (Å²) in [4.78, 5) is 0.201. The van der Waals surface area contributed by atoms with Crippen LogP contribution in [0.1, 0.15) is 22.3 Å². The van der Waals surface area contributed by atoms with Crippen LogP contribution in [0.4, 0.5) is 0 Å². The molecule has 0 N–H and O–H groups in total. The van der Waals surface area contributed by atoms with E-state index in [-0.39, 0.29) is 30.5 Å².